The Morgan fingerprint density at radius 3 is 2.80 bits per heavy atom. The van der Waals surface area contributed by atoms with E-state index in [4.69, 9.17) is 5.73 Å². The second-order valence-electron chi connectivity index (χ2n) is 7.82. The van der Waals surface area contributed by atoms with Gasteiger partial charge in [0, 0.05) is 45.5 Å². The summed E-state index contributed by atoms with van der Waals surface area (Å²) in [4.78, 5) is 34.7. The number of nitrogens with two attached hydrogens (primary N) is 1. The van der Waals surface area contributed by atoms with Gasteiger partial charge in [-0.25, -0.2) is 4.39 Å². The molecule has 2 saturated heterocycles. The Balaban J connectivity index is 1.77. The number of anilines is 2. The van der Waals surface area contributed by atoms with E-state index in [9.17, 15) is 14.1 Å². The number of aromatic nitrogens is 1. The summed E-state index contributed by atoms with van der Waals surface area (Å²) in [7, 11) is 1.68. The predicted octanol–water partition coefficient (Wildman–Crippen LogP) is 0.0286. The quantitative estimate of drug-likeness (QED) is 0.527. The third-order valence-electron chi connectivity index (χ3n) is 5.86. The number of nitroso groups, excluding NO2 is 1. The third kappa shape index (κ3) is 5.09. The molecule has 4 unspecified atom stereocenters. The first-order chi connectivity index (χ1) is 14.4. The van der Waals surface area contributed by atoms with Crippen LogP contribution in [0.4, 0.5) is 15.8 Å². The van der Waals surface area contributed by atoms with E-state index in [1.54, 1.807) is 24.3 Å². The van der Waals surface area contributed by atoms with E-state index in [1.165, 1.54) is 0 Å². The van der Waals surface area contributed by atoms with Crippen molar-refractivity contribution in [2.24, 2.45) is 16.8 Å². The number of piperazine rings is 1. The van der Waals surface area contributed by atoms with E-state index < -0.39 is 30.3 Å². The number of hydrogen-bond donors (Lipinski definition) is 3. The lowest BCUT2D eigenvalue weighted by Crippen LogP contribution is -2.62. The van der Waals surface area contributed by atoms with Gasteiger partial charge in [0.25, 0.3) is 0 Å². The zero-order valence-corrected chi connectivity index (χ0v) is 17.5. The van der Waals surface area contributed by atoms with Crippen LogP contribution in [0.3, 0.4) is 0 Å². The largest absolute Gasteiger partial charge is 0.367 e. The van der Waals surface area contributed by atoms with Crippen LogP contribution >= 0.6 is 0 Å². The van der Waals surface area contributed by atoms with Gasteiger partial charge in [-0.15, -0.1) is 4.91 Å². The highest BCUT2D eigenvalue weighted by molar-refractivity contribution is 5.96. The highest BCUT2D eigenvalue weighted by Crippen LogP contribution is 2.27. The minimum Gasteiger partial charge on any atom is -0.367 e. The molecule has 30 heavy (non-hydrogen) atoms. The minimum atomic E-state index is -1.27. The maximum Gasteiger partial charge on any atom is 0.234 e. The van der Waals surface area contributed by atoms with E-state index in [0.29, 0.717) is 5.69 Å². The van der Waals surface area contributed by atoms with Crippen molar-refractivity contribution in [2.45, 2.75) is 25.4 Å². The average Bonchev–Trinajstić information content (AvgIpc) is 2.75. The van der Waals surface area contributed by atoms with Crippen LogP contribution in [0.15, 0.2) is 23.6 Å². The fourth-order valence-corrected chi connectivity index (χ4v) is 4.13. The number of likely N-dealkylation sites (N-methyl/N-ethyl adjacent to an activating group) is 1. The SMILES string of the molecule is CCN1CCN(c2ccncc2NC(=O)C(C(N)N=O)C2NCC(F)CN2C)CC1. The topological polar surface area (TPSA) is 119 Å². The molecule has 2 aliphatic rings. The second kappa shape index (κ2) is 10.2. The Morgan fingerprint density at radius 2 is 2.17 bits per heavy atom. The first kappa shape index (κ1) is 22.5. The normalized spacial score (nSPS) is 25.5. The smallest absolute Gasteiger partial charge is 0.234 e. The molecule has 166 valence electrons. The average molecular weight is 423 g/mol. The number of amides is 1. The van der Waals surface area contributed by atoms with Gasteiger partial charge in [-0.1, -0.05) is 12.1 Å². The predicted molar refractivity (Wildman–Crippen MR) is 114 cm³/mol. The van der Waals surface area contributed by atoms with Gasteiger partial charge >= 0.3 is 0 Å². The Bertz CT molecular complexity index is 730. The molecule has 0 bridgehead atoms. The first-order valence-electron chi connectivity index (χ1n) is 10.3. The fourth-order valence-electron chi connectivity index (χ4n) is 4.13. The summed E-state index contributed by atoms with van der Waals surface area (Å²) < 4.78 is 13.7. The van der Waals surface area contributed by atoms with Crippen LogP contribution in [0.2, 0.25) is 0 Å². The molecule has 11 heteroatoms. The number of alkyl halides is 1. The van der Waals surface area contributed by atoms with Crippen LogP contribution < -0.4 is 21.3 Å². The van der Waals surface area contributed by atoms with Crippen molar-refractivity contribution in [3.63, 3.8) is 0 Å². The number of nitrogens with one attached hydrogen (secondary N) is 2. The van der Waals surface area contributed by atoms with Crippen LogP contribution in [0.1, 0.15) is 6.92 Å². The van der Waals surface area contributed by atoms with E-state index in [1.807, 2.05) is 6.07 Å². The van der Waals surface area contributed by atoms with Crippen LogP contribution in [-0.2, 0) is 4.79 Å². The van der Waals surface area contributed by atoms with Crippen molar-refractivity contribution in [3.05, 3.63) is 23.4 Å². The molecule has 0 radical (unpaired) electrons. The van der Waals surface area contributed by atoms with Gasteiger partial charge in [0.2, 0.25) is 5.91 Å². The second-order valence-corrected chi connectivity index (χ2v) is 7.82. The minimum absolute atomic E-state index is 0.0875. The maximum absolute atomic E-state index is 13.7. The molecule has 4 atom stereocenters. The van der Waals surface area contributed by atoms with Crippen molar-refractivity contribution in [2.75, 3.05) is 63.1 Å². The molecule has 3 rings (SSSR count). The zero-order valence-electron chi connectivity index (χ0n) is 17.5. The highest BCUT2D eigenvalue weighted by atomic mass is 19.1. The summed E-state index contributed by atoms with van der Waals surface area (Å²) in [5.74, 6) is -1.44. The Kier molecular flexibility index (Phi) is 7.64. The van der Waals surface area contributed by atoms with Gasteiger partial charge in [-0.3, -0.25) is 20.0 Å². The van der Waals surface area contributed by atoms with Crippen LogP contribution in [0, 0.1) is 10.8 Å². The first-order valence-corrected chi connectivity index (χ1v) is 10.3. The maximum atomic E-state index is 13.7. The van der Waals surface area contributed by atoms with Gasteiger partial charge in [-0.05, 0) is 19.7 Å². The summed E-state index contributed by atoms with van der Waals surface area (Å²) in [5, 5.41) is 8.74. The molecule has 1 amide bonds. The molecule has 1 aromatic heterocycles. The number of carbonyl (C=O) groups excluding carboxylic acids is 1. The Hall–Kier alpha value is -2.21. The summed E-state index contributed by atoms with van der Waals surface area (Å²) in [6, 6.07) is 1.86. The van der Waals surface area contributed by atoms with Crippen molar-refractivity contribution in [3.8, 4) is 0 Å². The summed E-state index contributed by atoms with van der Waals surface area (Å²) in [6.07, 6.45) is 0.353. The molecule has 0 aromatic carbocycles. The van der Waals surface area contributed by atoms with Crippen LogP contribution in [-0.4, -0.2) is 92.1 Å². The van der Waals surface area contributed by atoms with Gasteiger partial charge < -0.3 is 20.9 Å². The molecule has 0 aliphatic carbocycles. The summed E-state index contributed by atoms with van der Waals surface area (Å²) >= 11 is 0. The molecule has 3 heterocycles. The van der Waals surface area contributed by atoms with Gasteiger partial charge in [-0.2, -0.15) is 0 Å². The molecule has 1 aromatic rings. The molecule has 2 aliphatic heterocycles. The number of pyridine rings is 1. The summed E-state index contributed by atoms with van der Waals surface area (Å²) in [5.41, 5.74) is 7.30. The van der Waals surface area contributed by atoms with Crippen molar-refractivity contribution >= 4 is 17.3 Å². The monoisotopic (exact) mass is 422 g/mol. The fraction of sp³-hybridized carbons (Fsp3) is 0.684. The number of carbonyl (C=O) groups is 1. The molecular formula is C19H31FN8O2. The number of rotatable bonds is 7. The van der Waals surface area contributed by atoms with Gasteiger partial charge in [0.15, 0.2) is 6.17 Å². The number of nitrogens with zero attached hydrogens (tertiary/aromatic N) is 5. The summed E-state index contributed by atoms with van der Waals surface area (Å²) in [6.45, 7) is 6.94. The van der Waals surface area contributed by atoms with Gasteiger partial charge in [0.05, 0.1) is 23.7 Å². The van der Waals surface area contributed by atoms with Crippen molar-refractivity contribution < 1.29 is 9.18 Å². The van der Waals surface area contributed by atoms with Crippen LogP contribution in [0.5, 0.6) is 0 Å². The van der Waals surface area contributed by atoms with Crippen LogP contribution in [0.25, 0.3) is 0 Å². The molecule has 0 saturated carbocycles. The standard InChI is InChI=1S/C19H31FN8O2/c1-3-27-6-8-28(9-7-27)15-4-5-22-11-14(15)24-19(29)16(17(21)25-30)18-23-10-13(20)12-26(18)2/h4-5,11,13,16-18,23H,3,6-10,12,21H2,1-2H3,(H,24,29). The third-order valence-corrected chi connectivity index (χ3v) is 5.86. The van der Waals surface area contributed by atoms with Crippen molar-refractivity contribution in [1.29, 1.82) is 0 Å². The number of halogens is 1. The zero-order chi connectivity index (χ0) is 21.7. The van der Waals surface area contributed by atoms with Crippen molar-refractivity contribution in [1.82, 2.24) is 20.1 Å². The molecule has 10 nitrogen and oxygen atoms in total. The Morgan fingerprint density at radius 1 is 1.43 bits per heavy atom. The van der Waals surface area contributed by atoms with E-state index >= 15 is 0 Å². The molecular weight excluding hydrogens is 391 g/mol. The lowest BCUT2D eigenvalue weighted by Gasteiger charge is -2.40. The molecule has 0 spiro atoms. The lowest BCUT2D eigenvalue weighted by atomic mass is 9.98. The van der Waals surface area contributed by atoms with E-state index in [0.717, 1.165) is 38.4 Å². The molecule has 2 fully saturated rings. The molecule has 4 N–H and O–H groups in total. The van der Waals surface area contributed by atoms with E-state index in [2.05, 4.69) is 37.5 Å². The lowest BCUT2D eigenvalue weighted by molar-refractivity contribution is -0.124. The number of hydrogen-bond acceptors (Lipinski definition) is 9. The Labute approximate surface area is 175 Å². The van der Waals surface area contributed by atoms with Gasteiger partial charge in [0.1, 0.15) is 12.1 Å². The highest BCUT2D eigenvalue weighted by Gasteiger charge is 2.40. The van der Waals surface area contributed by atoms with E-state index in [-0.39, 0.29) is 13.1 Å².